The quantitative estimate of drug-likeness (QED) is 0.711. The van der Waals surface area contributed by atoms with Gasteiger partial charge in [0.15, 0.2) is 0 Å². The van der Waals surface area contributed by atoms with Crippen LogP contribution in [0.1, 0.15) is 25.8 Å². The number of carbonyl (C=O) groups excluding carboxylic acids is 1. The van der Waals surface area contributed by atoms with E-state index in [2.05, 4.69) is 22.8 Å². The molecule has 0 spiro atoms. The van der Waals surface area contributed by atoms with Gasteiger partial charge in [-0.3, -0.25) is 4.79 Å². The highest BCUT2D eigenvalue weighted by Crippen LogP contribution is 2.26. The third kappa shape index (κ3) is 5.15. The molecule has 0 saturated carbocycles. The van der Waals surface area contributed by atoms with Crippen LogP contribution in [0.2, 0.25) is 5.02 Å². The van der Waals surface area contributed by atoms with Crippen molar-refractivity contribution in [3.8, 4) is 0 Å². The van der Waals surface area contributed by atoms with Gasteiger partial charge in [0, 0.05) is 17.8 Å². The second kappa shape index (κ2) is 8.39. The first-order chi connectivity index (χ1) is 11.1. The Bertz CT molecular complexity index is 696. The second-order valence-corrected chi connectivity index (χ2v) is 5.69. The minimum Gasteiger partial charge on any atom is -0.380 e. The van der Waals surface area contributed by atoms with Gasteiger partial charge in [-0.25, -0.2) is 0 Å². The summed E-state index contributed by atoms with van der Waals surface area (Å²) in [6.07, 6.45) is 2.73. The fourth-order valence-corrected chi connectivity index (χ4v) is 2.41. The first-order valence-corrected chi connectivity index (χ1v) is 8.03. The molecule has 2 rings (SSSR count). The monoisotopic (exact) mass is 328 g/mol. The van der Waals surface area contributed by atoms with Crippen LogP contribution in [0.25, 0.3) is 0 Å². The van der Waals surface area contributed by atoms with Crippen molar-refractivity contribution in [3.63, 3.8) is 0 Å². The van der Waals surface area contributed by atoms with E-state index in [0.29, 0.717) is 22.8 Å². The van der Waals surface area contributed by atoms with E-state index in [0.717, 1.165) is 12.1 Å². The van der Waals surface area contributed by atoms with Crippen molar-refractivity contribution in [1.82, 2.24) is 0 Å². The summed E-state index contributed by atoms with van der Waals surface area (Å²) in [5, 5.41) is 6.73. The Balaban J connectivity index is 2.00. The van der Waals surface area contributed by atoms with Crippen LogP contribution in [0.3, 0.4) is 0 Å². The lowest BCUT2D eigenvalue weighted by molar-refractivity contribution is -0.112. The van der Waals surface area contributed by atoms with Gasteiger partial charge >= 0.3 is 0 Å². The normalized spacial score (nSPS) is 11.2. The van der Waals surface area contributed by atoms with Crippen molar-refractivity contribution in [1.29, 1.82) is 0 Å². The second-order valence-electron chi connectivity index (χ2n) is 5.28. The lowest BCUT2D eigenvalue weighted by atomic mass is 10.2. The molecule has 0 fully saturated rings. The standard InChI is InChI=1S/C19H21ClN2O/c1-3-7-14(2)19(23)22-16-10-11-18(17(20)12-16)21-13-15-8-5-4-6-9-15/h4-12,21H,3,13H2,1-2H3,(H,22,23). The zero-order valence-electron chi connectivity index (χ0n) is 13.4. The zero-order valence-corrected chi connectivity index (χ0v) is 14.2. The van der Waals surface area contributed by atoms with Crippen LogP contribution in [-0.2, 0) is 11.3 Å². The van der Waals surface area contributed by atoms with Crippen molar-refractivity contribution in [2.75, 3.05) is 10.6 Å². The minimum atomic E-state index is -0.104. The highest BCUT2D eigenvalue weighted by Gasteiger charge is 2.07. The number of hydrogen-bond acceptors (Lipinski definition) is 2. The van der Waals surface area contributed by atoms with Gasteiger partial charge in [-0.15, -0.1) is 0 Å². The SMILES string of the molecule is CCC=C(C)C(=O)Nc1ccc(NCc2ccccc2)c(Cl)c1. The molecule has 0 bridgehead atoms. The number of amides is 1. The third-order valence-corrected chi connectivity index (χ3v) is 3.73. The first-order valence-electron chi connectivity index (χ1n) is 7.65. The number of carbonyl (C=O) groups is 1. The Morgan fingerprint density at radius 2 is 1.91 bits per heavy atom. The third-order valence-electron chi connectivity index (χ3n) is 3.42. The molecule has 0 unspecified atom stereocenters. The van der Waals surface area contributed by atoms with Crippen molar-refractivity contribution in [2.24, 2.45) is 0 Å². The van der Waals surface area contributed by atoms with E-state index in [-0.39, 0.29) is 5.91 Å². The lowest BCUT2D eigenvalue weighted by Crippen LogP contribution is -2.12. The molecule has 0 radical (unpaired) electrons. The number of rotatable bonds is 6. The molecule has 2 aromatic rings. The van der Waals surface area contributed by atoms with E-state index in [4.69, 9.17) is 11.6 Å². The Labute approximate surface area is 142 Å². The molecule has 23 heavy (non-hydrogen) atoms. The summed E-state index contributed by atoms with van der Waals surface area (Å²) in [7, 11) is 0. The molecule has 0 saturated heterocycles. The average molecular weight is 329 g/mol. The fraction of sp³-hybridized carbons (Fsp3) is 0.211. The Kier molecular flexibility index (Phi) is 6.24. The molecular formula is C19H21ClN2O. The molecule has 4 heteroatoms. The molecule has 0 aromatic heterocycles. The summed E-state index contributed by atoms with van der Waals surface area (Å²) >= 11 is 6.29. The van der Waals surface area contributed by atoms with Crippen molar-refractivity contribution >= 4 is 28.9 Å². The van der Waals surface area contributed by atoms with Crippen LogP contribution < -0.4 is 10.6 Å². The number of benzene rings is 2. The Morgan fingerprint density at radius 1 is 1.17 bits per heavy atom. The maximum absolute atomic E-state index is 12.0. The van der Waals surface area contributed by atoms with Gasteiger partial charge in [0.05, 0.1) is 10.7 Å². The highest BCUT2D eigenvalue weighted by atomic mass is 35.5. The van der Waals surface area contributed by atoms with Gasteiger partial charge in [-0.2, -0.15) is 0 Å². The molecular weight excluding hydrogens is 308 g/mol. The van der Waals surface area contributed by atoms with Crippen LogP contribution >= 0.6 is 11.6 Å². The number of halogens is 1. The van der Waals surface area contributed by atoms with Gasteiger partial charge in [-0.1, -0.05) is 54.9 Å². The fourth-order valence-electron chi connectivity index (χ4n) is 2.16. The predicted octanol–water partition coefficient (Wildman–Crippen LogP) is 5.25. The van der Waals surface area contributed by atoms with Crippen LogP contribution in [0.5, 0.6) is 0 Å². The van der Waals surface area contributed by atoms with Crippen molar-refractivity contribution in [2.45, 2.75) is 26.8 Å². The summed E-state index contributed by atoms with van der Waals surface area (Å²) in [5.74, 6) is -0.104. The molecule has 0 aliphatic heterocycles. The van der Waals surface area contributed by atoms with Crippen LogP contribution in [-0.4, -0.2) is 5.91 Å². The summed E-state index contributed by atoms with van der Waals surface area (Å²) < 4.78 is 0. The number of nitrogens with one attached hydrogen (secondary N) is 2. The number of hydrogen-bond donors (Lipinski definition) is 2. The van der Waals surface area contributed by atoms with Crippen molar-refractivity contribution in [3.05, 3.63) is 70.8 Å². The molecule has 0 heterocycles. The van der Waals surface area contributed by atoms with Gasteiger partial charge in [-0.05, 0) is 37.1 Å². The Hall–Kier alpha value is -2.26. The maximum Gasteiger partial charge on any atom is 0.250 e. The largest absolute Gasteiger partial charge is 0.380 e. The molecule has 0 aliphatic rings. The summed E-state index contributed by atoms with van der Waals surface area (Å²) in [6.45, 7) is 4.50. The highest BCUT2D eigenvalue weighted by molar-refractivity contribution is 6.33. The van der Waals surface area contributed by atoms with Gasteiger partial charge in [0.25, 0.3) is 5.91 Å². The topological polar surface area (TPSA) is 41.1 Å². The van der Waals surface area contributed by atoms with E-state index in [9.17, 15) is 4.79 Å². The van der Waals surface area contributed by atoms with E-state index >= 15 is 0 Å². The molecule has 0 atom stereocenters. The van der Waals surface area contributed by atoms with E-state index < -0.39 is 0 Å². The summed E-state index contributed by atoms with van der Waals surface area (Å²) in [5.41, 5.74) is 3.42. The van der Waals surface area contributed by atoms with E-state index in [1.165, 1.54) is 5.56 Å². The molecule has 1 amide bonds. The first kappa shape index (κ1) is 17.1. The van der Waals surface area contributed by atoms with Gasteiger partial charge in [0.1, 0.15) is 0 Å². The molecule has 0 aliphatic carbocycles. The molecule has 2 N–H and O–H groups in total. The van der Waals surface area contributed by atoms with Gasteiger partial charge in [0.2, 0.25) is 0 Å². The van der Waals surface area contributed by atoms with E-state index in [1.807, 2.05) is 43.3 Å². The van der Waals surface area contributed by atoms with Gasteiger partial charge < -0.3 is 10.6 Å². The smallest absolute Gasteiger partial charge is 0.250 e. The van der Waals surface area contributed by atoms with Crippen LogP contribution in [0.4, 0.5) is 11.4 Å². The summed E-state index contributed by atoms with van der Waals surface area (Å²) in [6, 6.07) is 15.6. The Morgan fingerprint density at radius 3 is 2.57 bits per heavy atom. The molecule has 120 valence electrons. The minimum absolute atomic E-state index is 0.104. The van der Waals surface area contributed by atoms with E-state index in [1.54, 1.807) is 13.0 Å². The average Bonchev–Trinajstić information content (AvgIpc) is 2.55. The summed E-state index contributed by atoms with van der Waals surface area (Å²) in [4.78, 5) is 12.0. The maximum atomic E-state index is 12.0. The molecule has 2 aromatic carbocycles. The predicted molar refractivity (Wildman–Crippen MR) is 97.9 cm³/mol. The molecule has 3 nitrogen and oxygen atoms in total. The van der Waals surface area contributed by atoms with Crippen LogP contribution in [0, 0.1) is 0 Å². The zero-order chi connectivity index (χ0) is 16.7. The number of anilines is 2. The van der Waals surface area contributed by atoms with Crippen LogP contribution in [0.15, 0.2) is 60.2 Å². The lowest BCUT2D eigenvalue weighted by Gasteiger charge is -2.11. The van der Waals surface area contributed by atoms with Crippen molar-refractivity contribution < 1.29 is 4.79 Å². The number of allylic oxidation sites excluding steroid dienone is 1.